The van der Waals surface area contributed by atoms with E-state index in [2.05, 4.69) is 109 Å². The van der Waals surface area contributed by atoms with Gasteiger partial charge in [0.15, 0.2) is 0 Å². The first-order valence-electron chi connectivity index (χ1n) is 13.0. The number of nitrogens with zero attached hydrogens (tertiary/aromatic N) is 1. The second-order valence-electron chi connectivity index (χ2n) is 10.5. The van der Waals surface area contributed by atoms with Crippen LogP contribution in [-0.4, -0.2) is 16.5 Å². The molecule has 0 fully saturated rings. The second-order valence-corrected chi connectivity index (χ2v) is 10.5. The van der Waals surface area contributed by atoms with E-state index in [1.165, 1.54) is 16.7 Å². The third-order valence-electron chi connectivity index (χ3n) is 6.57. The van der Waals surface area contributed by atoms with Crippen molar-refractivity contribution in [2.45, 2.75) is 58.3 Å². The minimum Gasteiger partial charge on any atom is -0.460 e. The summed E-state index contributed by atoms with van der Waals surface area (Å²) in [6.45, 7) is 8.69. The molecule has 4 rings (SSSR count). The van der Waals surface area contributed by atoms with Crippen LogP contribution in [-0.2, 0) is 16.1 Å². The summed E-state index contributed by atoms with van der Waals surface area (Å²) in [6.07, 6.45) is 0.270. The van der Waals surface area contributed by atoms with Crippen LogP contribution in [0.25, 0.3) is 11.1 Å². The Bertz CT molecular complexity index is 1250. The van der Waals surface area contributed by atoms with Gasteiger partial charge in [-0.15, -0.1) is 0 Å². The van der Waals surface area contributed by atoms with Gasteiger partial charge in [-0.3, -0.25) is 9.69 Å². The minimum atomic E-state index is -0.534. The molecular formula is C34H37NO2. The molecule has 0 aliphatic carbocycles. The fourth-order valence-corrected chi connectivity index (χ4v) is 4.73. The molecule has 3 nitrogen and oxygen atoms in total. The SMILES string of the molecule is C[C@H](c1ccccc1)N(Cc1ccccc1)[C@@H](CC(=O)OC(C)(C)C)c1ccc(-c2ccccc2)cc1. The summed E-state index contributed by atoms with van der Waals surface area (Å²) in [5.74, 6) is -0.192. The maximum Gasteiger partial charge on any atom is 0.308 e. The normalized spacial score (nSPS) is 13.2. The fourth-order valence-electron chi connectivity index (χ4n) is 4.73. The molecule has 0 aliphatic heterocycles. The predicted molar refractivity (Wildman–Crippen MR) is 152 cm³/mol. The number of ether oxygens (including phenoxy) is 1. The molecule has 0 amide bonds. The molecule has 190 valence electrons. The molecule has 2 atom stereocenters. The molecule has 0 saturated heterocycles. The number of carbonyl (C=O) groups is 1. The van der Waals surface area contributed by atoms with E-state index < -0.39 is 5.60 Å². The molecule has 0 bridgehead atoms. The van der Waals surface area contributed by atoms with Crippen LogP contribution < -0.4 is 0 Å². The average Bonchev–Trinajstić information content (AvgIpc) is 2.91. The highest BCUT2D eigenvalue weighted by Crippen LogP contribution is 2.36. The van der Waals surface area contributed by atoms with E-state index in [9.17, 15) is 4.79 Å². The number of hydrogen-bond donors (Lipinski definition) is 0. The van der Waals surface area contributed by atoms with Gasteiger partial charge < -0.3 is 4.74 Å². The monoisotopic (exact) mass is 491 g/mol. The molecule has 0 aromatic heterocycles. The highest BCUT2D eigenvalue weighted by atomic mass is 16.6. The number of rotatable bonds is 9. The zero-order chi connectivity index (χ0) is 26.3. The van der Waals surface area contributed by atoms with E-state index in [-0.39, 0.29) is 24.5 Å². The van der Waals surface area contributed by atoms with Gasteiger partial charge in [0.25, 0.3) is 0 Å². The van der Waals surface area contributed by atoms with Crippen LogP contribution in [0, 0.1) is 0 Å². The lowest BCUT2D eigenvalue weighted by atomic mass is 9.94. The van der Waals surface area contributed by atoms with E-state index in [4.69, 9.17) is 4.74 Å². The lowest BCUT2D eigenvalue weighted by Crippen LogP contribution is -2.34. The summed E-state index contributed by atoms with van der Waals surface area (Å²) in [7, 11) is 0. The van der Waals surface area contributed by atoms with Crippen molar-refractivity contribution in [1.29, 1.82) is 0 Å². The van der Waals surface area contributed by atoms with Crippen molar-refractivity contribution >= 4 is 5.97 Å². The molecule has 0 aliphatic rings. The van der Waals surface area contributed by atoms with Gasteiger partial charge in [0, 0.05) is 18.6 Å². The van der Waals surface area contributed by atoms with E-state index in [0.717, 1.165) is 11.1 Å². The van der Waals surface area contributed by atoms with Crippen LogP contribution in [0.3, 0.4) is 0 Å². The molecule has 0 heterocycles. The van der Waals surface area contributed by atoms with Crippen molar-refractivity contribution in [1.82, 2.24) is 4.90 Å². The largest absolute Gasteiger partial charge is 0.460 e. The summed E-state index contributed by atoms with van der Waals surface area (Å²) in [6, 6.07) is 39.9. The molecule has 0 saturated carbocycles. The first-order valence-corrected chi connectivity index (χ1v) is 13.0. The maximum absolute atomic E-state index is 13.2. The average molecular weight is 492 g/mol. The van der Waals surface area contributed by atoms with Gasteiger partial charge in [0.05, 0.1) is 6.42 Å². The van der Waals surface area contributed by atoms with Gasteiger partial charge in [-0.05, 0) is 55.5 Å². The number of carbonyl (C=O) groups excluding carboxylic acids is 1. The molecule has 0 radical (unpaired) electrons. The topological polar surface area (TPSA) is 29.5 Å². The molecule has 0 spiro atoms. The zero-order valence-corrected chi connectivity index (χ0v) is 22.3. The maximum atomic E-state index is 13.2. The van der Waals surface area contributed by atoms with Crippen LogP contribution in [0.15, 0.2) is 115 Å². The Labute approximate surface area is 221 Å². The van der Waals surface area contributed by atoms with Gasteiger partial charge in [-0.2, -0.15) is 0 Å². The van der Waals surface area contributed by atoms with Crippen LogP contribution >= 0.6 is 0 Å². The van der Waals surface area contributed by atoms with E-state index in [0.29, 0.717) is 6.54 Å². The van der Waals surface area contributed by atoms with Crippen molar-refractivity contribution in [2.75, 3.05) is 0 Å². The number of esters is 1. The van der Waals surface area contributed by atoms with Gasteiger partial charge >= 0.3 is 5.97 Å². The van der Waals surface area contributed by atoms with Crippen molar-refractivity contribution < 1.29 is 9.53 Å². The first-order chi connectivity index (χ1) is 17.8. The van der Waals surface area contributed by atoms with E-state index in [1.54, 1.807) is 0 Å². The van der Waals surface area contributed by atoms with Crippen LogP contribution in [0.4, 0.5) is 0 Å². The molecular weight excluding hydrogens is 454 g/mol. The zero-order valence-electron chi connectivity index (χ0n) is 22.3. The summed E-state index contributed by atoms with van der Waals surface area (Å²) < 4.78 is 5.80. The van der Waals surface area contributed by atoms with Crippen LogP contribution in [0.2, 0.25) is 0 Å². The lowest BCUT2D eigenvalue weighted by Gasteiger charge is -2.37. The summed E-state index contributed by atoms with van der Waals surface area (Å²) in [4.78, 5) is 15.6. The quantitative estimate of drug-likeness (QED) is 0.220. The Morgan fingerprint density at radius 1 is 0.703 bits per heavy atom. The highest BCUT2D eigenvalue weighted by Gasteiger charge is 2.30. The van der Waals surface area contributed by atoms with Crippen molar-refractivity contribution in [2.24, 2.45) is 0 Å². The summed E-state index contributed by atoms with van der Waals surface area (Å²) in [5, 5.41) is 0. The Hall–Kier alpha value is -3.69. The van der Waals surface area contributed by atoms with E-state index in [1.807, 2.05) is 39.0 Å². The summed E-state index contributed by atoms with van der Waals surface area (Å²) >= 11 is 0. The molecule has 3 heteroatoms. The Kier molecular flexibility index (Phi) is 8.58. The Morgan fingerprint density at radius 3 is 1.78 bits per heavy atom. The third-order valence-corrected chi connectivity index (χ3v) is 6.57. The highest BCUT2D eigenvalue weighted by molar-refractivity contribution is 5.71. The van der Waals surface area contributed by atoms with Crippen molar-refractivity contribution in [3.05, 3.63) is 132 Å². The van der Waals surface area contributed by atoms with Crippen LogP contribution in [0.1, 0.15) is 62.9 Å². The van der Waals surface area contributed by atoms with Crippen LogP contribution in [0.5, 0.6) is 0 Å². The molecule has 0 unspecified atom stereocenters. The summed E-state index contributed by atoms with van der Waals surface area (Å²) in [5.41, 5.74) is 5.33. The minimum absolute atomic E-state index is 0.0858. The Morgan fingerprint density at radius 2 is 1.22 bits per heavy atom. The molecule has 0 N–H and O–H groups in total. The van der Waals surface area contributed by atoms with Gasteiger partial charge in [-0.25, -0.2) is 0 Å². The van der Waals surface area contributed by atoms with Crippen molar-refractivity contribution in [3.8, 4) is 11.1 Å². The fraction of sp³-hybridized carbons (Fsp3) is 0.265. The first kappa shape index (κ1) is 26.4. The van der Waals surface area contributed by atoms with E-state index >= 15 is 0 Å². The molecule has 4 aromatic carbocycles. The number of hydrogen-bond acceptors (Lipinski definition) is 3. The second kappa shape index (κ2) is 12.0. The van der Waals surface area contributed by atoms with Gasteiger partial charge in [0.1, 0.15) is 5.60 Å². The van der Waals surface area contributed by atoms with Gasteiger partial charge in [0.2, 0.25) is 0 Å². The standard InChI is InChI=1S/C34H37NO2/c1-26(28-16-10-6-11-17-28)35(25-27-14-8-5-9-15-27)32(24-33(36)37-34(2,3)4)31-22-20-30(21-23-31)29-18-12-7-13-19-29/h5-23,26,32H,24-25H2,1-4H3/t26-,32+/m1/s1. The van der Waals surface area contributed by atoms with Crippen molar-refractivity contribution in [3.63, 3.8) is 0 Å². The third kappa shape index (κ3) is 7.41. The van der Waals surface area contributed by atoms with Gasteiger partial charge in [-0.1, -0.05) is 115 Å². The predicted octanol–water partition coefficient (Wildman–Crippen LogP) is 8.39. The smallest absolute Gasteiger partial charge is 0.308 e. The molecule has 4 aromatic rings. The number of benzene rings is 4. The Balaban J connectivity index is 1.74. The lowest BCUT2D eigenvalue weighted by molar-refractivity contribution is -0.156. The molecule has 37 heavy (non-hydrogen) atoms.